The maximum absolute atomic E-state index is 11.8. The third kappa shape index (κ3) is 5.88. The highest BCUT2D eigenvalue weighted by Gasteiger charge is 2.20. The first-order valence-corrected chi connectivity index (χ1v) is 7.08. The number of aliphatic hydroxyl groups excluding tert-OH is 1. The minimum absolute atomic E-state index is 0.136. The van der Waals surface area contributed by atoms with Crippen LogP contribution in [0.4, 0.5) is 0 Å². The zero-order valence-electron chi connectivity index (χ0n) is 11.8. The van der Waals surface area contributed by atoms with E-state index in [1.54, 1.807) is 24.3 Å². The second kappa shape index (κ2) is 8.70. The molecule has 19 heavy (non-hydrogen) atoms. The van der Waals surface area contributed by atoms with Crippen molar-refractivity contribution >= 4 is 5.97 Å². The maximum Gasteiger partial charge on any atom is 0.339 e. The number of carbonyl (C=O) groups excluding carboxylic acids is 1. The number of hydrogen-bond donors (Lipinski definition) is 1. The Hall–Kier alpha value is -1.35. The number of aliphatic hydroxyl groups is 1. The molecular weight excluding hydrogens is 240 g/mol. The molecular formula is C16H24O3. The van der Waals surface area contributed by atoms with Gasteiger partial charge >= 0.3 is 5.97 Å². The molecule has 0 unspecified atom stereocenters. The van der Waals surface area contributed by atoms with E-state index >= 15 is 0 Å². The molecule has 2 atom stereocenters. The van der Waals surface area contributed by atoms with Crippen LogP contribution in [0.3, 0.4) is 0 Å². The molecule has 0 aliphatic rings. The Bertz CT molecular complexity index is 362. The zero-order valence-corrected chi connectivity index (χ0v) is 11.8. The Kier molecular flexibility index (Phi) is 7.19. The van der Waals surface area contributed by atoms with E-state index in [1.807, 2.05) is 13.0 Å². The Balaban J connectivity index is 2.33. The van der Waals surface area contributed by atoms with Crippen molar-refractivity contribution in [1.82, 2.24) is 0 Å². The lowest BCUT2D eigenvalue weighted by molar-refractivity contribution is -0.159. The van der Waals surface area contributed by atoms with Crippen LogP contribution < -0.4 is 0 Å². The van der Waals surface area contributed by atoms with Gasteiger partial charge in [0.2, 0.25) is 0 Å². The average Bonchev–Trinajstić information content (AvgIpc) is 2.43. The predicted molar refractivity (Wildman–Crippen MR) is 75.7 cm³/mol. The molecule has 3 nitrogen and oxygen atoms in total. The largest absolute Gasteiger partial charge is 0.460 e. The number of esters is 1. The van der Waals surface area contributed by atoms with Crippen LogP contribution in [-0.4, -0.2) is 17.2 Å². The molecule has 1 aromatic rings. The number of ether oxygens (including phenoxy) is 1. The molecule has 0 radical (unpaired) electrons. The summed E-state index contributed by atoms with van der Waals surface area (Å²) in [5.41, 5.74) is 0.575. The van der Waals surface area contributed by atoms with Gasteiger partial charge in [0.25, 0.3) is 0 Å². The van der Waals surface area contributed by atoms with Crippen molar-refractivity contribution in [3.8, 4) is 0 Å². The van der Waals surface area contributed by atoms with Gasteiger partial charge in [-0.2, -0.15) is 0 Å². The van der Waals surface area contributed by atoms with E-state index in [1.165, 1.54) is 19.3 Å². The minimum atomic E-state index is -1.18. The van der Waals surface area contributed by atoms with Crippen LogP contribution in [0, 0.1) is 0 Å². The van der Waals surface area contributed by atoms with Gasteiger partial charge in [-0.15, -0.1) is 0 Å². The normalized spacial score (nSPS) is 13.8. The molecule has 0 fully saturated rings. The van der Waals surface area contributed by atoms with E-state index in [4.69, 9.17) is 4.74 Å². The number of benzene rings is 1. The number of hydrogen-bond acceptors (Lipinski definition) is 3. The van der Waals surface area contributed by atoms with E-state index < -0.39 is 12.1 Å². The smallest absolute Gasteiger partial charge is 0.339 e. The van der Waals surface area contributed by atoms with E-state index in [2.05, 4.69) is 6.92 Å². The molecule has 1 aromatic carbocycles. The molecule has 106 valence electrons. The van der Waals surface area contributed by atoms with Crippen molar-refractivity contribution in [3.63, 3.8) is 0 Å². The van der Waals surface area contributed by atoms with E-state index in [9.17, 15) is 9.90 Å². The highest BCUT2D eigenvalue weighted by Crippen LogP contribution is 2.16. The lowest BCUT2D eigenvalue weighted by atomic mass is 10.1. The van der Waals surface area contributed by atoms with Crippen molar-refractivity contribution in [1.29, 1.82) is 0 Å². The van der Waals surface area contributed by atoms with Gasteiger partial charge in [-0.25, -0.2) is 4.79 Å². The highest BCUT2D eigenvalue weighted by molar-refractivity contribution is 5.76. The fourth-order valence-corrected chi connectivity index (χ4v) is 1.95. The molecule has 0 saturated carbocycles. The second-order valence-corrected chi connectivity index (χ2v) is 4.91. The van der Waals surface area contributed by atoms with Crippen LogP contribution in [-0.2, 0) is 9.53 Å². The van der Waals surface area contributed by atoms with Crippen LogP contribution >= 0.6 is 0 Å². The number of rotatable bonds is 8. The van der Waals surface area contributed by atoms with Crippen LogP contribution in [0.15, 0.2) is 30.3 Å². The highest BCUT2D eigenvalue weighted by atomic mass is 16.6. The van der Waals surface area contributed by atoms with Gasteiger partial charge in [0.15, 0.2) is 6.10 Å². The number of unbranched alkanes of at least 4 members (excludes halogenated alkanes) is 3. The Morgan fingerprint density at radius 2 is 1.89 bits per heavy atom. The SMILES string of the molecule is CCCCCC[C@H](C)OC(=O)[C@H](O)c1ccccc1. The lowest BCUT2D eigenvalue weighted by Gasteiger charge is -2.16. The fraction of sp³-hybridized carbons (Fsp3) is 0.562. The molecule has 0 aromatic heterocycles. The van der Waals surface area contributed by atoms with E-state index in [-0.39, 0.29) is 6.10 Å². The summed E-state index contributed by atoms with van der Waals surface area (Å²) in [6.07, 6.45) is 4.17. The van der Waals surface area contributed by atoms with Crippen LogP contribution in [0.25, 0.3) is 0 Å². The quantitative estimate of drug-likeness (QED) is 0.576. The third-order valence-corrected chi connectivity index (χ3v) is 3.12. The van der Waals surface area contributed by atoms with Crippen molar-refractivity contribution in [2.24, 2.45) is 0 Å². The average molecular weight is 264 g/mol. The van der Waals surface area contributed by atoms with Crippen molar-refractivity contribution in [2.75, 3.05) is 0 Å². The first kappa shape index (κ1) is 15.7. The predicted octanol–water partition coefficient (Wildman–Crippen LogP) is 3.62. The molecule has 0 spiro atoms. The van der Waals surface area contributed by atoms with Crippen molar-refractivity contribution in [2.45, 2.75) is 58.2 Å². The summed E-state index contributed by atoms with van der Waals surface area (Å²) in [5, 5.41) is 9.87. The lowest BCUT2D eigenvalue weighted by Crippen LogP contribution is -2.21. The van der Waals surface area contributed by atoms with E-state index in [0.29, 0.717) is 5.56 Å². The van der Waals surface area contributed by atoms with Gasteiger partial charge in [0, 0.05) is 0 Å². The van der Waals surface area contributed by atoms with Gasteiger partial charge in [-0.3, -0.25) is 0 Å². The molecule has 0 amide bonds. The summed E-state index contributed by atoms with van der Waals surface area (Å²) in [4.78, 5) is 11.8. The van der Waals surface area contributed by atoms with Gasteiger partial charge in [-0.1, -0.05) is 56.5 Å². The first-order chi connectivity index (χ1) is 9.15. The monoisotopic (exact) mass is 264 g/mol. The molecule has 1 rings (SSSR count). The first-order valence-electron chi connectivity index (χ1n) is 7.08. The summed E-state index contributed by atoms with van der Waals surface area (Å²) < 4.78 is 5.26. The summed E-state index contributed by atoms with van der Waals surface area (Å²) in [6.45, 7) is 4.04. The Labute approximate surface area is 115 Å². The molecule has 0 aliphatic carbocycles. The third-order valence-electron chi connectivity index (χ3n) is 3.12. The van der Waals surface area contributed by atoms with Crippen LogP contribution in [0.2, 0.25) is 0 Å². The molecule has 0 bridgehead atoms. The van der Waals surface area contributed by atoms with Crippen molar-refractivity contribution < 1.29 is 14.6 Å². The van der Waals surface area contributed by atoms with Crippen LogP contribution in [0.5, 0.6) is 0 Å². The molecule has 0 aliphatic heterocycles. The standard InChI is InChI=1S/C16H24O3/c1-3-4-5-7-10-13(2)19-16(18)15(17)14-11-8-6-9-12-14/h6,8-9,11-13,15,17H,3-5,7,10H2,1-2H3/t13-,15+/m0/s1. The van der Waals surface area contributed by atoms with Crippen LogP contribution in [0.1, 0.15) is 57.6 Å². The Morgan fingerprint density at radius 1 is 1.21 bits per heavy atom. The van der Waals surface area contributed by atoms with Gasteiger partial charge in [0.05, 0.1) is 6.10 Å². The summed E-state index contributed by atoms with van der Waals surface area (Å²) in [5.74, 6) is -0.561. The molecule has 3 heteroatoms. The van der Waals surface area contributed by atoms with Gasteiger partial charge < -0.3 is 9.84 Å². The summed E-state index contributed by atoms with van der Waals surface area (Å²) >= 11 is 0. The zero-order chi connectivity index (χ0) is 14.1. The number of carbonyl (C=O) groups is 1. The van der Waals surface area contributed by atoms with Gasteiger partial charge in [0.1, 0.15) is 0 Å². The Morgan fingerprint density at radius 3 is 2.53 bits per heavy atom. The summed E-state index contributed by atoms with van der Waals surface area (Å²) in [7, 11) is 0. The maximum atomic E-state index is 11.8. The van der Waals surface area contributed by atoms with E-state index in [0.717, 1.165) is 12.8 Å². The molecule has 0 heterocycles. The van der Waals surface area contributed by atoms with Gasteiger partial charge in [-0.05, 0) is 25.3 Å². The minimum Gasteiger partial charge on any atom is -0.460 e. The fourth-order valence-electron chi connectivity index (χ4n) is 1.95. The molecule has 1 N–H and O–H groups in total. The van der Waals surface area contributed by atoms with Crippen molar-refractivity contribution in [3.05, 3.63) is 35.9 Å². The topological polar surface area (TPSA) is 46.5 Å². The summed E-state index contributed by atoms with van der Waals surface area (Å²) in [6, 6.07) is 8.87. The second-order valence-electron chi connectivity index (χ2n) is 4.91. The molecule has 0 saturated heterocycles.